The average Bonchev–Trinajstić information content (AvgIpc) is 2.39. The molecule has 0 aromatic heterocycles. The largest absolute Gasteiger partial charge is 0.316 e. The fourth-order valence-electron chi connectivity index (χ4n) is 2.58. The highest BCUT2D eigenvalue weighted by atomic mass is 32.2. The summed E-state index contributed by atoms with van der Waals surface area (Å²) in [5, 5.41) is 3.40. The van der Waals surface area contributed by atoms with Crippen LogP contribution in [0.3, 0.4) is 0 Å². The highest BCUT2D eigenvalue weighted by Gasteiger charge is 2.19. The number of hydrogen-bond donors (Lipinski definition) is 1. The van der Waals surface area contributed by atoms with E-state index in [4.69, 9.17) is 0 Å². The minimum absolute atomic E-state index is 0.600. The quantitative estimate of drug-likeness (QED) is 0.913. The molecule has 2 rings (SSSR count). The number of piperidine rings is 1. The number of sulfonamides is 1. The van der Waals surface area contributed by atoms with Crippen LogP contribution in [-0.4, -0.2) is 34.8 Å². The highest BCUT2D eigenvalue weighted by molar-refractivity contribution is 7.92. The van der Waals surface area contributed by atoms with Crippen molar-refractivity contribution in [1.82, 2.24) is 5.32 Å². The molecule has 0 spiro atoms. The van der Waals surface area contributed by atoms with Crippen LogP contribution < -0.4 is 9.62 Å². The lowest BCUT2D eigenvalue weighted by molar-refractivity contribution is 0.376. The minimum atomic E-state index is -3.20. The number of rotatable bonds is 4. The number of hydrogen-bond acceptors (Lipinski definition) is 3. The average molecular weight is 282 g/mol. The summed E-state index contributed by atoms with van der Waals surface area (Å²) in [6.07, 6.45) is 4.59. The molecule has 1 aromatic rings. The maximum absolute atomic E-state index is 11.7. The summed E-state index contributed by atoms with van der Waals surface area (Å²) in [6, 6.07) is 7.78. The molecule has 1 aliphatic rings. The number of nitrogens with zero attached hydrogens (tertiary/aromatic N) is 1. The van der Waals surface area contributed by atoms with Crippen molar-refractivity contribution in [2.75, 3.05) is 30.7 Å². The molecule has 106 valence electrons. The van der Waals surface area contributed by atoms with E-state index in [0.29, 0.717) is 5.92 Å². The maximum Gasteiger partial charge on any atom is 0.232 e. The second-order valence-electron chi connectivity index (χ2n) is 5.28. The summed E-state index contributed by atoms with van der Waals surface area (Å²) >= 11 is 0. The van der Waals surface area contributed by atoms with Crippen LogP contribution >= 0.6 is 0 Å². The first-order chi connectivity index (χ1) is 8.98. The van der Waals surface area contributed by atoms with Crippen molar-refractivity contribution in [3.63, 3.8) is 0 Å². The fraction of sp³-hybridized carbons (Fsp3) is 0.571. The van der Waals surface area contributed by atoms with Crippen LogP contribution in [0.25, 0.3) is 0 Å². The second kappa shape index (κ2) is 5.92. The normalized spacial score (nSPS) is 20.2. The summed E-state index contributed by atoms with van der Waals surface area (Å²) in [7, 11) is -1.58. The number of benzene rings is 1. The molecule has 1 fully saturated rings. The van der Waals surface area contributed by atoms with Crippen molar-refractivity contribution in [3.8, 4) is 0 Å². The Morgan fingerprint density at radius 3 is 2.74 bits per heavy atom. The topological polar surface area (TPSA) is 49.4 Å². The molecule has 1 aliphatic heterocycles. The van der Waals surface area contributed by atoms with Crippen LogP contribution in [0, 0.1) is 5.92 Å². The van der Waals surface area contributed by atoms with E-state index in [9.17, 15) is 8.42 Å². The predicted octanol–water partition coefficient (Wildman–Crippen LogP) is 1.62. The van der Waals surface area contributed by atoms with E-state index in [2.05, 4.69) is 5.32 Å². The van der Waals surface area contributed by atoms with Gasteiger partial charge < -0.3 is 5.32 Å². The predicted molar refractivity (Wildman–Crippen MR) is 79.0 cm³/mol. The van der Waals surface area contributed by atoms with Gasteiger partial charge in [0.2, 0.25) is 10.0 Å². The molecule has 1 saturated heterocycles. The molecule has 5 heteroatoms. The fourth-order valence-corrected chi connectivity index (χ4v) is 3.11. The molecular formula is C14H22N2O2S. The number of para-hydroxylation sites is 1. The smallest absolute Gasteiger partial charge is 0.232 e. The second-order valence-corrected chi connectivity index (χ2v) is 7.29. The van der Waals surface area contributed by atoms with E-state index in [0.717, 1.165) is 30.8 Å². The first-order valence-corrected chi connectivity index (χ1v) is 8.56. The summed E-state index contributed by atoms with van der Waals surface area (Å²) < 4.78 is 24.8. The van der Waals surface area contributed by atoms with Gasteiger partial charge in [-0.3, -0.25) is 4.31 Å². The van der Waals surface area contributed by atoms with Crippen LogP contribution in [0.4, 0.5) is 5.69 Å². The molecule has 0 saturated carbocycles. The minimum Gasteiger partial charge on any atom is -0.316 e. The monoisotopic (exact) mass is 282 g/mol. The first-order valence-electron chi connectivity index (χ1n) is 6.71. The van der Waals surface area contributed by atoms with Crippen molar-refractivity contribution < 1.29 is 8.42 Å². The Morgan fingerprint density at radius 1 is 1.37 bits per heavy atom. The van der Waals surface area contributed by atoms with Gasteiger partial charge in [-0.2, -0.15) is 0 Å². The molecule has 1 unspecified atom stereocenters. The van der Waals surface area contributed by atoms with Gasteiger partial charge in [-0.1, -0.05) is 18.2 Å². The summed E-state index contributed by atoms with van der Waals surface area (Å²) in [6.45, 7) is 2.12. The van der Waals surface area contributed by atoms with E-state index in [-0.39, 0.29) is 0 Å². The van der Waals surface area contributed by atoms with Crippen LogP contribution in [0.1, 0.15) is 18.4 Å². The van der Waals surface area contributed by atoms with Gasteiger partial charge in [0.25, 0.3) is 0 Å². The number of anilines is 1. The summed E-state index contributed by atoms with van der Waals surface area (Å²) in [4.78, 5) is 0. The van der Waals surface area contributed by atoms with Crippen LogP contribution in [0.15, 0.2) is 24.3 Å². The zero-order valence-electron chi connectivity index (χ0n) is 11.6. The molecule has 4 nitrogen and oxygen atoms in total. The summed E-state index contributed by atoms with van der Waals surface area (Å²) in [5.41, 5.74) is 1.92. The molecule has 0 radical (unpaired) electrons. The van der Waals surface area contributed by atoms with Crippen molar-refractivity contribution >= 4 is 15.7 Å². The van der Waals surface area contributed by atoms with Gasteiger partial charge in [0.15, 0.2) is 0 Å². The van der Waals surface area contributed by atoms with E-state index in [1.54, 1.807) is 7.05 Å². The van der Waals surface area contributed by atoms with Crippen LogP contribution in [-0.2, 0) is 16.4 Å². The summed E-state index contributed by atoms with van der Waals surface area (Å²) in [5.74, 6) is 0.600. The Labute approximate surface area is 115 Å². The molecule has 1 N–H and O–H groups in total. The van der Waals surface area contributed by atoms with Gasteiger partial charge in [-0.05, 0) is 49.9 Å². The van der Waals surface area contributed by atoms with Crippen molar-refractivity contribution in [2.45, 2.75) is 19.3 Å². The van der Waals surface area contributed by atoms with Gasteiger partial charge in [0.1, 0.15) is 0 Å². The van der Waals surface area contributed by atoms with E-state index in [1.807, 2.05) is 24.3 Å². The first kappa shape index (κ1) is 14.3. The maximum atomic E-state index is 11.7. The molecule has 0 bridgehead atoms. The van der Waals surface area contributed by atoms with Crippen molar-refractivity contribution in [3.05, 3.63) is 29.8 Å². The lowest BCUT2D eigenvalue weighted by atomic mass is 9.91. The molecule has 0 aliphatic carbocycles. The SMILES string of the molecule is CN(c1ccccc1CC1CCCNC1)S(C)(=O)=O. The van der Waals surface area contributed by atoms with Gasteiger partial charge in [-0.25, -0.2) is 8.42 Å². The van der Waals surface area contributed by atoms with Gasteiger partial charge in [0, 0.05) is 7.05 Å². The van der Waals surface area contributed by atoms with Gasteiger partial charge in [-0.15, -0.1) is 0 Å². The molecule has 1 atom stereocenters. The molecule has 1 heterocycles. The zero-order chi connectivity index (χ0) is 13.9. The zero-order valence-corrected chi connectivity index (χ0v) is 12.4. The third kappa shape index (κ3) is 3.70. The van der Waals surface area contributed by atoms with E-state index >= 15 is 0 Å². The third-order valence-electron chi connectivity index (χ3n) is 3.74. The van der Waals surface area contributed by atoms with Crippen molar-refractivity contribution in [1.29, 1.82) is 0 Å². The van der Waals surface area contributed by atoms with Crippen molar-refractivity contribution in [2.24, 2.45) is 5.92 Å². The Kier molecular flexibility index (Phi) is 4.47. The molecule has 0 amide bonds. The lowest BCUT2D eigenvalue weighted by Crippen LogP contribution is -2.31. The highest BCUT2D eigenvalue weighted by Crippen LogP contribution is 2.26. The molecular weight excluding hydrogens is 260 g/mol. The molecule has 19 heavy (non-hydrogen) atoms. The Bertz CT molecular complexity index is 522. The van der Waals surface area contributed by atoms with Crippen LogP contribution in [0.2, 0.25) is 0 Å². The third-order valence-corrected chi connectivity index (χ3v) is 4.93. The Balaban J connectivity index is 2.20. The van der Waals surface area contributed by atoms with E-state index in [1.165, 1.54) is 23.4 Å². The Hall–Kier alpha value is -1.07. The lowest BCUT2D eigenvalue weighted by Gasteiger charge is -2.26. The standard InChI is InChI=1S/C14H22N2O2S/c1-16(19(2,17)18)14-8-4-3-7-13(14)10-12-6-5-9-15-11-12/h3-4,7-8,12,15H,5-6,9-11H2,1-2H3. The van der Waals surface area contributed by atoms with E-state index < -0.39 is 10.0 Å². The molecule has 1 aromatic carbocycles. The van der Waals surface area contributed by atoms with Gasteiger partial charge >= 0.3 is 0 Å². The Morgan fingerprint density at radius 2 is 2.11 bits per heavy atom. The van der Waals surface area contributed by atoms with Gasteiger partial charge in [0.05, 0.1) is 11.9 Å². The van der Waals surface area contributed by atoms with Crippen LogP contribution in [0.5, 0.6) is 0 Å². The number of nitrogens with one attached hydrogen (secondary N) is 1.